The minimum Gasteiger partial charge on any atom is -0.330 e. The van der Waals surface area contributed by atoms with Crippen molar-refractivity contribution in [2.24, 2.45) is 5.41 Å². The molecule has 2 aromatic carbocycles. The van der Waals surface area contributed by atoms with E-state index in [9.17, 15) is 13.2 Å². The van der Waals surface area contributed by atoms with Crippen molar-refractivity contribution in [2.75, 3.05) is 12.8 Å². The standard InChI is InChI=1S/C26H32Cl2N2O3S/c1-5-14-26(3)16-23(19-8-7-9-21(28)15-19)24(18-10-12-20(27)13-11-18)30(25(26)31)22(6-2)17-29-34(4,32)33/h5,7-13,15,22-24,29H,1,6,14,16-17H2,2-4H3/t22?,23-,24?,26+/m1/s1. The first-order chi connectivity index (χ1) is 16.0. The molecule has 1 aliphatic heterocycles. The molecule has 4 atom stereocenters. The van der Waals surface area contributed by atoms with E-state index < -0.39 is 15.4 Å². The molecule has 34 heavy (non-hydrogen) atoms. The summed E-state index contributed by atoms with van der Waals surface area (Å²) in [6, 6.07) is 14.6. The number of sulfonamides is 1. The molecule has 3 rings (SSSR count). The number of hydrogen-bond acceptors (Lipinski definition) is 3. The molecular weight excluding hydrogens is 491 g/mol. The van der Waals surface area contributed by atoms with Crippen molar-refractivity contribution in [2.45, 2.75) is 51.1 Å². The number of likely N-dealkylation sites (tertiary alicyclic amines) is 1. The van der Waals surface area contributed by atoms with Crippen LogP contribution in [0.2, 0.25) is 10.0 Å². The number of allylic oxidation sites excluding steroid dienone is 1. The van der Waals surface area contributed by atoms with Crippen LogP contribution in [-0.2, 0) is 14.8 Å². The Bertz CT molecular complexity index is 1140. The van der Waals surface area contributed by atoms with Gasteiger partial charge in [-0.05, 0) is 54.7 Å². The van der Waals surface area contributed by atoms with Crippen molar-refractivity contribution in [3.05, 3.63) is 82.4 Å². The summed E-state index contributed by atoms with van der Waals surface area (Å²) in [5.41, 5.74) is 1.29. The number of nitrogens with zero attached hydrogens (tertiary/aromatic N) is 1. The molecule has 1 N–H and O–H groups in total. The van der Waals surface area contributed by atoms with E-state index in [2.05, 4.69) is 11.3 Å². The molecule has 0 radical (unpaired) electrons. The number of amides is 1. The second-order valence-corrected chi connectivity index (χ2v) is 12.0. The van der Waals surface area contributed by atoms with Gasteiger partial charge in [-0.3, -0.25) is 4.79 Å². The highest BCUT2D eigenvalue weighted by Crippen LogP contribution is 2.52. The zero-order valence-electron chi connectivity index (χ0n) is 19.8. The molecule has 2 unspecified atom stereocenters. The fourth-order valence-corrected chi connectivity index (χ4v) is 5.80. The van der Waals surface area contributed by atoms with Crippen LogP contribution in [0.15, 0.2) is 61.2 Å². The van der Waals surface area contributed by atoms with E-state index in [1.165, 1.54) is 0 Å². The first-order valence-electron chi connectivity index (χ1n) is 11.4. The first kappa shape index (κ1) is 26.7. The smallest absolute Gasteiger partial charge is 0.229 e. The maximum atomic E-state index is 14.1. The van der Waals surface area contributed by atoms with Crippen LogP contribution in [0.3, 0.4) is 0 Å². The largest absolute Gasteiger partial charge is 0.330 e. The number of nitrogens with one attached hydrogen (secondary N) is 1. The van der Waals surface area contributed by atoms with Gasteiger partial charge in [0.15, 0.2) is 0 Å². The summed E-state index contributed by atoms with van der Waals surface area (Å²) < 4.78 is 26.4. The molecular formula is C26H32Cl2N2O3S. The molecule has 0 saturated carbocycles. The van der Waals surface area contributed by atoms with E-state index in [1.54, 1.807) is 6.08 Å². The Labute approximate surface area is 213 Å². The molecule has 184 valence electrons. The highest BCUT2D eigenvalue weighted by atomic mass is 35.5. The van der Waals surface area contributed by atoms with Crippen molar-refractivity contribution in [3.63, 3.8) is 0 Å². The van der Waals surface area contributed by atoms with Crippen molar-refractivity contribution >= 4 is 39.1 Å². The van der Waals surface area contributed by atoms with Crippen LogP contribution in [0, 0.1) is 5.41 Å². The summed E-state index contributed by atoms with van der Waals surface area (Å²) in [6.45, 7) is 7.97. The molecule has 0 spiro atoms. The SMILES string of the molecule is C=CC[C@@]1(C)C[C@H](c2cccc(Cl)c2)C(c2ccc(Cl)cc2)N(C(CC)CNS(C)(=O)=O)C1=O. The Hall–Kier alpha value is -1.86. The zero-order valence-corrected chi connectivity index (χ0v) is 22.1. The summed E-state index contributed by atoms with van der Waals surface area (Å²) in [4.78, 5) is 16.0. The van der Waals surface area contributed by atoms with Crippen LogP contribution in [0.4, 0.5) is 0 Å². The van der Waals surface area contributed by atoms with Crippen molar-refractivity contribution in [1.82, 2.24) is 9.62 Å². The molecule has 0 aliphatic carbocycles. The number of carbonyl (C=O) groups is 1. The van der Waals surface area contributed by atoms with Gasteiger partial charge in [0.2, 0.25) is 15.9 Å². The van der Waals surface area contributed by atoms with Gasteiger partial charge in [0, 0.05) is 28.5 Å². The third-order valence-corrected chi connectivity index (χ3v) is 7.81. The molecule has 5 nitrogen and oxygen atoms in total. The quantitative estimate of drug-likeness (QED) is 0.413. The number of rotatable bonds is 9. The van der Waals surface area contributed by atoms with Crippen LogP contribution in [0.1, 0.15) is 56.2 Å². The molecule has 1 saturated heterocycles. The number of benzene rings is 2. The number of hydrogen-bond donors (Lipinski definition) is 1. The third-order valence-electron chi connectivity index (χ3n) is 6.63. The lowest BCUT2D eigenvalue weighted by Gasteiger charge is -2.52. The lowest BCUT2D eigenvalue weighted by atomic mass is 9.67. The average molecular weight is 524 g/mol. The van der Waals surface area contributed by atoms with Crippen LogP contribution in [0.5, 0.6) is 0 Å². The number of piperidine rings is 1. The highest BCUT2D eigenvalue weighted by Gasteiger charge is 2.50. The Balaban J connectivity index is 2.20. The summed E-state index contributed by atoms with van der Waals surface area (Å²) in [5, 5.41) is 1.24. The number of carbonyl (C=O) groups excluding carboxylic acids is 1. The molecule has 2 aromatic rings. The van der Waals surface area contributed by atoms with E-state index in [0.717, 1.165) is 17.4 Å². The van der Waals surface area contributed by atoms with Gasteiger partial charge in [-0.1, -0.05) is 67.4 Å². The summed E-state index contributed by atoms with van der Waals surface area (Å²) in [6.07, 6.45) is 4.62. The maximum Gasteiger partial charge on any atom is 0.229 e. The number of halogens is 2. The van der Waals surface area contributed by atoms with E-state index in [1.807, 2.05) is 67.3 Å². The van der Waals surface area contributed by atoms with Gasteiger partial charge in [0.25, 0.3) is 0 Å². The molecule has 1 amide bonds. The van der Waals surface area contributed by atoms with Crippen LogP contribution in [-0.4, -0.2) is 38.1 Å². The normalized spacial score (nSPS) is 24.1. The van der Waals surface area contributed by atoms with Gasteiger partial charge in [0.05, 0.1) is 17.7 Å². The lowest BCUT2D eigenvalue weighted by Crippen LogP contribution is -2.57. The molecule has 1 fully saturated rings. The topological polar surface area (TPSA) is 66.5 Å². The average Bonchev–Trinajstić information content (AvgIpc) is 2.77. The van der Waals surface area contributed by atoms with E-state index in [0.29, 0.717) is 29.3 Å². The predicted octanol–water partition coefficient (Wildman–Crippen LogP) is 5.96. The molecule has 1 heterocycles. The van der Waals surface area contributed by atoms with E-state index in [4.69, 9.17) is 23.2 Å². The Morgan fingerprint density at radius 2 is 1.85 bits per heavy atom. The van der Waals surface area contributed by atoms with Crippen molar-refractivity contribution in [3.8, 4) is 0 Å². The van der Waals surface area contributed by atoms with Crippen LogP contribution >= 0.6 is 23.2 Å². The van der Waals surface area contributed by atoms with Gasteiger partial charge >= 0.3 is 0 Å². The second-order valence-electron chi connectivity index (χ2n) is 9.31. The first-order valence-corrected chi connectivity index (χ1v) is 14.0. The third kappa shape index (κ3) is 6.03. The van der Waals surface area contributed by atoms with Crippen LogP contribution < -0.4 is 4.72 Å². The van der Waals surface area contributed by atoms with Gasteiger partial charge in [0.1, 0.15) is 0 Å². The lowest BCUT2D eigenvalue weighted by molar-refractivity contribution is -0.154. The molecule has 0 bridgehead atoms. The minimum atomic E-state index is -3.42. The predicted molar refractivity (Wildman–Crippen MR) is 140 cm³/mol. The Morgan fingerprint density at radius 3 is 2.41 bits per heavy atom. The fraction of sp³-hybridized carbons (Fsp3) is 0.423. The second kappa shape index (κ2) is 10.8. The van der Waals surface area contributed by atoms with Crippen LogP contribution in [0.25, 0.3) is 0 Å². The molecule has 1 aliphatic rings. The summed E-state index contributed by atoms with van der Waals surface area (Å²) in [7, 11) is -3.42. The van der Waals surface area contributed by atoms with Gasteiger partial charge in [-0.25, -0.2) is 13.1 Å². The minimum absolute atomic E-state index is 0.00669. The van der Waals surface area contributed by atoms with Crippen molar-refractivity contribution in [1.29, 1.82) is 0 Å². The maximum absolute atomic E-state index is 14.1. The van der Waals surface area contributed by atoms with Gasteiger partial charge < -0.3 is 4.90 Å². The monoisotopic (exact) mass is 522 g/mol. The Kier molecular flexibility index (Phi) is 8.51. The fourth-order valence-electron chi connectivity index (χ4n) is 4.98. The van der Waals surface area contributed by atoms with Crippen molar-refractivity contribution < 1.29 is 13.2 Å². The summed E-state index contributed by atoms with van der Waals surface area (Å²) in [5.74, 6) is -0.0670. The zero-order chi connectivity index (χ0) is 25.1. The highest BCUT2D eigenvalue weighted by molar-refractivity contribution is 7.88. The van der Waals surface area contributed by atoms with Gasteiger partial charge in [-0.15, -0.1) is 6.58 Å². The summed E-state index contributed by atoms with van der Waals surface area (Å²) >= 11 is 12.6. The van der Waals surface area contributed by atoms with E-state index in [-0.39, 0.29) is 30.5 Å². The molecule has 8 heteroatoms. The van der Waals surface area contributed by atoms with Gasteiger partial charge in [-0.2, -0.15) is 0 Å². The molecule has 0 aromatic heterocycles. The van der Waals surface area contributed by atoms with E-state index >= 15 is 0 Å². The Morgan fingerprint density at radius 1 is 1.18 bits per heavy atom.